The molecule has 144 valence electrons. The zero-order valence-corrected chi connectivity index (χ0v) is 15.4. The second kappa shape index (κ2) is 15.6. The summed E-state index contributed by atoms with van der Waals surface area (Å²) in [6, 6.07) is 0. The van der Waals surface area contributed by atoms with Gasteiger partial charge >= 0.3 is 6.09 Å². The Labute approximate surface area is 145 Å². The topological polar surface area (TPSA) is 84.5 Å². The number of carbonyl (C=O) groups is 1. The van der Waals surface area contributed by atoms with Gasteiger partial charge in [0.05, 0.1) is 59.5 Å². The zero-order chi connectivity index (χ0) is 18.1. The molecule has 1 N–H and O–H groups in total. The van der Waals surface area contributed by atoms with Crippen LogP contribution in [0.2, 0.25) is 0 Å². The van der Waals surface area contributed by atoms with Gasteiger partial charge in [-0.3, -0.25) is 0 Å². The van der Waals surface area contributed by atoms with Gasteiger partial charge in [-0.25, -0.2) is 4.79 Å². The first-order chi connectivity index (χ1) is 11.5. The number of amides is 1. The van der Waals surface area contributed by atoms with Crippen LogP contribution in [-0.2, 0) is 28.4 Å². The van der Waals surface area contributed by atoms with Crippen LogP contribution in [0.3, 0.4) is 0 Å². The highest BCUT2D eigenvalue weighted by molar-refractivity contribution is 5.67. The number of rotatable bonds is 15. The van der Waals surface area contributed by atoms with Crippen LogP contribution >= 0.6 is 0 Å². The molecule has 0 aromatic carbocycles. The maximum atomic E-state index is 11.4. The normalized spacial score (nSPS) is 11.5. The highest BCUT2D eigenvalue weighted by Crippen LogP contribution is 2.05. The summed E-state index contributed by atoms with van der Waals surface area (Å²) in [6.07, 6.45) is -0.439. The minimum Gasteiger partial charge on any atom is -0.444 e. The second-order valence-corrected chi connectivity index (χ2v) is 5.87. The molecule has 0 fully saturated rings. The first kappa shape index (κ1) is 23.1. The lowest BCUT2D eigenvalue weighted by Gasteiger charge is -2.19. The molecule has 0 aromatic heterocycles. The summed E-state index contributed by atoms with van der Waals surface area (Å²) in [5.41, 5.74) is -0.489. The highest BCUT2D eigenvalue weighted by atomic mass is 16.6. The Morgan fingerprint density at radius 2 is 1.17 bits per heavy atom. The van der Waals surface area contributed by atoms with Crippen molar-refractivity contribution in [2.75, 3.05) is 73.1 Å². The van der Waals surface area contributed by atoms with Gasteiger partial charge < -0.3 is 33.7 Å². The maximum Gasteiger partial charge on any atom is 0.407 e. The molecule has 0 rings (SSSR count). The number of nitrogens with one attached hydrogen (secondary N) is 1. The van der Waals surface area contributed by atoms with Crippen molar-refractivity contribution >= 4 is 6.09 Å². The van der Waals surface area contributed by atoms with E-state index in [1.807, 2.05) is 20.8 Å². The fourth-order valence-corrected chi connectivity index (χ4v) is 1.44. The van der Waals surface area contributed by atoms with E-state index < -0.39 is 11.7 Å². The Kier molecular flexibility index (Phi) is 15.0. The van der Waals surface area contributed by atoms with Crippen molar-refractivity contribution < 1.29 is 33.2 Å². The number of hydrogen-bond acceptors (Lipinski definition) is 7. The fourth-order valence-electron chi connectivity index (χ4n) is 1.44. The molecule has 24 heavy (non-hydrogen) atoms. The molecule has 1 amide bonds. The molecule has 0 radical (unpaired) electrons. The SMILES string of the molecule is COCCOCCOCCOCCOCCNC(=O)OC(C)(C)C. The molecule has 0 atom stereocenters. The molecule has 8 nitrogen and oxygen atoms in total. The van der Waals surface area contributed by atoms with Crippen LogP contribution < -0.4 is 5.32 Å². The van der Waals surface area contributed by atoms with Crippen molar-refractivity contribution in [3.05, 3.63) is 0 Å². The molecular formula is C16H33NO7. The molecule has 0 aromatic rings. The Bertz CT molecular complexity index is 295. The van der Waals surface area contributed by atoms with Crippen molar-refractivity contribution in [1.29, 1.82) is 0 Å². The average molecular weight is 351 g/mol. The quantitative estimate of drug-likeness (QED) is 0.444. The van der Waals surface area contributed by atoms with Crippen LogP contribution in [0.5, 0.6) is 0 Å². The standard InChI is InChI=1S/C16H33NO7/c1-16(2,3)24-15(18)17-5-6-20-9-10-22-13-14-23-12-11-21-8-7-19-4/h5-14H2,1-4H3,(H,17,18). The maximum absolute atomic E-state index is 11.4. The van der Waals surface area contributed by atoms with Crippen molar-refractivity contribution in [1.82, 2.24) is 5.32 Å². The number of methoxy groups -OCH3 is 1. The van der Waals surface area contributed by atoms with E-state index in [1.165, 1.54) is 0 Å². The van der Waals surface area contributed by atoms with Crippen LogP contribution in [0.4, 0.5) is 4.79 Å². The second-order valence-electron chi connectivity index (χ2n) is 5.87. The summed E-state index contributed by atoms with van der Waals surface area (Å²) in [5.74, 6) is 0. The van der Waals surface area contributed by atoms with Gasteiger partial charge in [-0.05, 0) is 20.8 Å². The molecule has 0 spiro atoms. The summed E-state index contributed by atoms with van der Waals surface area (Å²) in [6.45, 7) is 10.5. The molecule has 0 saturated heterocycles. The lowest BCUT2D eigenvalue weighted by Crippen LogP contribution is -2.34. The molecule has 8 heteroatoms. The molecule has 0 unspecified atom stereocenters. The molecule has 0 heterocycles. The molecule has 0 aliphatic carbocycles. The van der Waals surface area contributed by atoms with Gasteiger partial charge in [0.25, 0.3) is 0 Å². The number of carbonyl (C=O) groups excluding carboxylic acids is 1. The fraction of sp³-hybridized carbons (Fsp3) is 0.938. The molecule has 0 aliphatic rings. The smallest absolute Gasteiger partial charge is 0.407 e. The third kappa shape index (κ3) is 19.1. The minimum absolute atomic E-state index is 0.404. The summed E-state index contributed by atoms with van der Waals surface area (Å²) < 4.78 is 31.2. The Balaban J connectivity index is 3.14. The van der Waals surface area contributed by atoms with E-state index in [9.17, 15) is 4.79 Å². The van der Waals surface area contributed by atoms with Gasteiger partial charge in [0, 0.05) is 13.7 Å². The molecule has 0 saturated carbocycles. The molecular weight excluding hydrogens is 318 g/mol. The monoisotopic (exact) mass is 351 g/mol. The van der Waals surface area contributed by atoms with Gasteiger partial charge in [-0.15, -0.1) is 0 Å². The highest BCUT2D eigenvalue weighted by Gasteiger charge is 2.15. The van der Waals surface area contributed by atoms with Gasteiger partial charge in [-0.1, -0.05) is 0 Å². The van der Waals surface area contributed by atoms with E-state index in [-0.39, 0.29) is 0 Å². The van der Waals surface area contributed by atoms with E-state index in [4.69, 9.17) is 28.4 Å². The van der Waals surface area contributed by atoms with E-state index >= 15 is 0 Å². The summed E-state index contributed by atoms with van der Waals surface area (Å²) in [7, 11) is 1.64. The Morgan fingerprint density at radius 1 is 0.750 bits per heavy atom. The van der Waals surface area contributed by atoms with Crippen LogP contribution in [0.1, 0.15) is 20.8 Å². The Hall–Kier alpha value is -0.930. The number of ether oxygens (including phenoxy) is 6. The van der Waals surface area contributed by atoms with Crippen molar-refractivity contribution in [3.63, 3.8) is 0 Å². The number of hydrogen-bond donors (Lipinski definition) is 1. The van der Waals surface area contributed by atoms with Crippen molar-refractivity contribution in [2.45, 2.75) is 26.4 Å². The van der Waals surface area contributed by atoms with Crippen LogP contribution in [0, 0.1) is 0 Å². The number of alkyl carbamates (subject to hydrolysis) is 1. The predicted molar refractivity (Wildman–Crippen MR) is 89.4 cm³/mol. The Morgan fingerprint density at radius 3 is 1.58 bits per heavy atom. The van der Waals surface area contributed by atoms with E-state index in [2.05, 4.69) is 5.32 Å². The first-order valence-corrected chi connectivity index (χ1v) is 8.22. The van der Waals surface area contributed by atoms with Gasteiger partial charge in [0.15, 0.2) is 0 Å². The third-order valence-electron chi connectivity index (χ3n) is 2.46. The van der Waals surface area contributed by atoms with Crippen LogP contribution in [0.15, 0.2) is 0 Å². The van der Waals surface area contributed by atoms with Crippen LogP contribution in [-0.4, -0.2) is 84.8 Å². The van der Waals surface area contributed by atoms with Crippen molar-refractivity contribution in [3.8, 4) is 0 Å². The molecule has 0 aliphatic heterocycles. The largest absolute Gasteiger partial charge is 0.444 e. The van der Waals surface area contributed by atoms with Crippen molar-refractivity contribution in [2.24, 2.45) is 0 Å². The van der Waals surface area contributed by atoms with Gasteiger partial charge in [0.2, 0.25) is 0 Å². The zero-order valence-electron chi connectivity index (χ0n) is 15.4. The summed E-state index contributed by atoms with van der Waals surface area (Å²) in [5, 5.41) is 2.62. The van der Waals surface area contributed by atoms with Crippen LogP contribution in [0.25, 0.3) is 0 Å². The average Bonchev–Trinajstić information content (AvgIpc) is 2.49. The lowest BCUT2D eigenvalue weighted by molar-refractivity contribution is -0.00771. The summed E-state index contributed by atoms with van der Waals surface area (Å²) >= 11 is 0. The van der Waals surface area contributed by atoms with E-state index in [0.29, 0.717) is 66.0 Å². The first-order valence-electron chi connectivity index (χ1n) is 8.22. The lowest BCUT2D eigenvalue weighted by atomic mass is 10.2. The minimum atomic E-state index is -0.489. The van der Waals surface area contributed by atoms with E-state index in [0.717, 1.165) is 0 Å². The third-order valence-corrected chi connectivity index (χ3v) is 2.46. The molecule has 0 bridgehead atoms. The van der Waals surface area contributed by atoms with E-state index in [1.54, 1.807) is 7.11 Å². The van der Waals surface area contributed by atoms with Gasteiger partial charge in [0.1, 0.15) is 5.60 Å². The summed E-state index contributed by atoms with van der Waals surface area (Å²) in [4.78, 5) is 11.4. The predicted octanol–water partition coefficient (Wildman–Crippen LogP) is 1.22. The van der Waals surface area contributed by atoms with Gasteiger partial charge in [-0.2, -0.15) is 0 Å².